The van der Waals surface area contributed by atoms with Crippen LogP contribution in [0.1, 0.15) is 17.2 Å². The molecule has 0 aliphatic carbocycles. The van der Waals surface area contributed by atoms with Crippen LogP contribution in [0.15, 0.2) is 51.7 Å². The first kappa shape index (κ1) is 12.6. The minimum absolute atomic E-state index is 0.352. The molecular weight excluding hydrogens is 259 g/mol. The molecule has 0 aliphatic heterocycles. The number of nitrogens with zero attached hydrogens (tertiary/aromatic N) is 1. The normalized spacial score (nSPS) is 12.8. The molecule has 1 aromatic heterocycles. The van der Waals surface area contributed by atoms with Crippen LogP contribution in [0, 0.1) is 5.82 Å². The summed E-state index contributed by atoms with van der Waals surface area (Å²) in [6.45, 7) is 0. The molecule has 1 heterocycles. The lowest BCUT2D eigenvalue weighted by molar-refractivity contribution is 0.527. The first-order valence-corrected chi connectivity index (χ1v) is 6.17. The van der Waals surface area contributed by atoms with Crippen LogP contribution in [-0.2, 0) is 7.05 Å². The standard InChI is InChI=1S/C15H13FN2O2/c1-18-12-7-6-9(8-13(12)20-15(18)19)14(17)10-4-2-3-5-11(10)16/h2-8,14H,17H2,1H3. The van der Waals surface area contributed by atoms with Crippen LogP contribution in [0.5, 0.6) is 0 Å². The summed E-state index contributed by atoms with van der Waals surface area (Å²) in [5.74, 6) is -0.786. The van der Waals surface area contributed by atoms with Crippen LogP contribution in [-0.4, -0.2) is 4.57 Å². The quantitative estimate of drug-likeness (QED) is 0.778. The maximum absolute atomic E-state index is 13.8. The maximum Gasteiger partial charge on any atom is 0.419 e. The number of halogens is 1. The Morgan fingerprint density at radius 3 is 2.75 bits per heavy atom. The second-order valence-corrected chi connectivity index (χ2v) is 4.65. The predicted octanol–water partition coefficient (Wildman–Crippen LogP) is 2.32. The molecule has 0 saturated carbocycles. The van der Waals surface area contributed by atoms with Crippen molar-refractivity contribution in [3.05, 3.63) is 70.0 Å². The van der Waals surface area contributed by atoms with Gasteiger partial charge in [0.2, 0.25) is 0 Å². The van der Waals surface area contributed by atoms with Crippen LogP contribution in [0.25, 0.3) is 11.1 Å². The van der Waals surface area contributed by atoms with Crippen molar-refractivity contribution in [1.82, 2.24) is 4.57 Å². The molecule has 0 bridgehead atoms. The second kappa shape index (κ2) is 4.61. The summed E-state index contributed by atoms with van der Waals surface area (Å²) in [7, 11) is 1.63. The van der Waals surface area contributed by atoms with Gasteiger partial charge in [0.05, 0.1) is 11.6 Å². The number of nitrogens with two attached hydrogens (primary N) is 1. The molecule has 0 amide bonds. The summed E-state index contributed by atoms with van der Waals surface area (Å²) in [5.41, 5.74) is 8.31. The number of aryl methyl sites for hydroxylation is 1. The first-order valence-electron chi connectivity index (χ1n) is 6.17. The van der Waals surface area contributed by atoms with E-state index in [0.717, 1.165) is 0 Å². The highest BCUT2D eigenvalue weighted by Gasteiger charge is 2.15. The predicted molar refractivity (Wildman–Crippen MR) is 73.9 cm³/mol. The van der Waals surface area contributed by atoms with Gasteiger partial charge in [0, 0.05) is 12.6 Å². The highest BCUT2D eigenvalue weighted by Crippen LogP contribution is 2.24. The largest absolute Gasteiger partial charge is 0.419 e. The Kier molecular flexibility index (Phi) is 2.91. The Morgan fingerprint density at radius 2 is 2.00 bits per heavy atom. The minimum Gasteiger partial charge on any atom is -0.408 e. The third kappa shape index (κ3) is 1.92. The molecule has 2 aromatic carbocycles. The van der Waals surface area contributed by atoms with Crippen molar-refractivity contribution in [1.29, 1.82) is 0 Å². The Bertz CT molecular complexity index is 835. The molecular formula is C15H13FN2O2. The highest BCUT2D eigenvalue weighted by atomic mass is 19.1. The third-order valence-electron chi connectivity index (χ3n) is 3.42. The molecule has 3 aromatic rings. The van der Waals surface area contributed by atoms with Crippen molar-refractivity contribution in [2.24, 2.45) is 12.8 Å². The van der Waals surface area contributed by atoms with Crippen molar-refractivity contribution in [3.8, 4) is 0 Å². The molecule has 0 saturated heterocycles. The zero-order valence-corrected chi connectivity index (χ0v) is 10.8. The molecule has 4 nitrogen and oxygen atoms in total. The molecule has 0 aliphatic rings. The number of hydrogen-bond donors (Lipinski definition) is 1. The van der Waals surface area contributed by atoms with E-state index in [4.69, 9.17) is 10.2 Å². The molecule has 0 radical (unpaired) electrons. The van der Waals surface area contributed by atoms with Gasteiger partial charge in [-0.3, -0.25) is 4.57 Å². The lowest BCUT2D eigenvalue weighted by Gasteiger charge is -2.13. The van der Waals surface area contributed by atoms with Crippen LogP contribution < -0.4 is 11.5 Å². The zero-order chi connectivity index (χ0) is 14.3. The topological polar surface area (TPSA) is 61.2 Å². The molecule has 1 unspecified atom stereocenters. The van der Waals surface area contributed by atoms with Gasteiger partial charge in [-0.1, -0.05) is 24.3 Å². The zero-order valence-electron chi connectivity index (χ0n) is 10.8. The number of rotatable bonds is 2. The second-order valence-electron chi connectivity index (χ2n) is 4.65. The minimum atomic E-state index is -0.605. The average Bonchev–Trinajstić information content (AvgIpc) is 2.73. The van der Waals surface area contributed by atoms with Crippen LogP contribution >= 0.6 is 0 Å². The molecule has 0 spiro atoms. The summed E-state index contributed by atoms with van der Waals surface area (Å²) in [5, 5.41) is 0. The SMILES string of the molecule is Cn1c(=O)oc2cc(C(N)c3ccccc3F)ccc21. The molecule has 2 N–H and O–H groups in total. The van der Waals surface area contributed by atoms with Gasteiger partial charge in [0.25, 0.3) is 0 Å². The Morgan fingerprint density at radius 1 is 1.25 bits per heavy atom. The van der Waals surface area contributed by atoms with Crippen molar-refractivity contribution in [2.45, 2.75) is 6.04 Å². The molecule has 1 atom stereocenters. The van der Waals surface area contributed by atoms with Gasteiger partial charge in [-0.15, -0.1) is 0 Å². The molecule has 0 fully saturated rings. The van der Waals surface area contributed by atoms with E-state index in [9.17, 15) is 9.18 Å². The van der Waals surface area contributed by atoms with Gasteiger partial charge in [0.1, 0.15) is 5.82 Å². The summed E-state index contributed by atoms with van der Waals surface area (Å²) in [4.78, 5) is 11.4. The number of benzene rings is 2. The fourth-order valence-electron chi connectivity index (χ4n) is 2.25. The fraction of sp³-hybridized carbons (Fsp3) is 0.133. The van der Waals surface area contributed by atoms with E-state index in [0.29, 0.717) is 22.2 Å². The lowest BCUT2D eigenvalue weighted by Crippen LogP contribution is -2.13. The van der Waals surface area contributed by atoms with Gasteiger partial charge >= 0.3 is 5.76 Å². The van der Waals surface area contributed by atoms with Crippen LogP contribution in [0.2, 0.25) is 0 Å². The van der Waals surface area contributed by atoms with E-state index in [1.165, 1.54) is 10.6 Å². The van der Waals surface area contributed by atoms with E-state index in [-0.39, 0.29) is 5.82 Å². The van der Waals surface area contributed by atoms with E-state index in [2.05, 4.69) is 0 Å². The smallest absolute Gasteiger partial charge is 0.408 e. The maximum atomic E-state index is 13.8. The van der Waals surface area contributed by atoms with Crippen molar-refractivity contribution < 1.29 is 8.81 Å². The van der Waals surface area contributed by atoms with Crippen LogP contribution in [0.3, 0.4) is 0 Å². The summed E-state index contributed by atoms with van der Waals surface area (Å²) in [6.07, 6.45) is 0. The number of aromatic nitrogens is 1. The Balaban J connectivity index is 2.11. The number of oxazole rings is 1. The molecule has 102 valence electrons. The Labute approximate surface area is 114 Å². The van der Waals surface area contributed by atoms with Crippen molar-refractivity contribution >= 4 is 11.1 Å². The van der Waals surface area contributed by atoms with E-state index in [1.54, 1.807) is 43.4 Å². The van der Waals surface area contributed by atoms with Gasteiger partial charge in [-0.25, -0.2) is 9.18 Å². The highest BCUT2D eigenvalue weighted by molar-refractivity contribution is 5.74. The average molecular weight is 272 g/mol. The van der Waals surface area contributed by atoms with Crippen molar-refractivity contribution in [3.63, 3.8) is 0 Å². The van der Waals surface area contributed by atoms with Crippen molar-refractivity contribution in [2.75, 3.05) is 0 Å². The third-order valence-corrected chi connectivity index (χ3v) is 3.42. The lowest BCUT2D eigenvalue weighted by atomic mass is 9.99. The first-order chi connectivity index (χ1) is 9.58. The molecule has 5 heteroatoms. The van der Waals surface area contributed by atoms with E-state index < -0.39 is 11.8 Å². The number of fused-ring (bicyclic) bond motifs is 1. The fourth-order valence-corrected chi connectivity index (χ4v) is 2.25. The Hall–Kier alpha value is -2.40. The summed E-state index contributed by atoms with van der Waals surface area (Å²) in [6, 6.07) is 11.0. The van der Waals surface area contributed by atoms with Gasteiger partial charge in [-0.05, 0) is 23.8 Å². The van der Waals surface area contributed by atoms with E-state index >= 15 is 0 Å². The monoisotopic (exact) mass is 272 g/mol. The number of hydrogen-bond acceptors (Lipinski definition) is 3. The summed E-state index contributed by atoms with van der Waals surface area (Å²) >= 11 is 0. The van der Waals surface area contributed by atoms with Gasteiger partial charge in [0.15, 0.2) is 5.58 Å². The van der Waals surface area contributed by atoms with Crippen LogP contribution in [0.4, 0.5) is 4.39 Å². The van der Waals surface area contributed by atoms with Gasteiger partial charge in [-0.2, -0.15) is 0 Å². The summed E-state index contributed by atoms with van der Waals surface area (Å²) < 4.78 is 20.3. The van der Waals surface area contributed by atoms with E-state index in [1.807, 2.05) is 0 Å². The molecule has 3 rings (SSSR count). The van der Waals surface area contributed by atoms with Gasteiger partial charge < -0.3 is 10.2 Å². The molecule has 20 heavy (non-hydrogen) atoms.